The molecule has 0 aliphatic heterocycles. The lowest BCUT2D eigenvalue weighted by atomic mass is 10.0. The third-order valence-electron chi connectivity index (χ3n) is 2.68. The zero-order valence-corrected chi connectivity index (χ0v) is 11.1. The predicted octanol–water partition coefficient (Wildman–Crippen LogP) is 2.84. The SMILES string of the molecule is Nc1ccncc1CC(O)c1ccc(Br)c(F)c1. The van der Waals surface area contributed by atoms with Crippen molar-refractivity contribution in [1.29, 1.82) is 0 Å². The van der Waals surface area contributed by atoms with E-state index in [4.69, 9.17) is 5.73 Å². The van der Waals surface area contributed by atoms with Crippen LogP contribution in [0.1, 0.15) is 17.2 Å². The van der Waals surface area contributed by atoms with Gasteiger partial charge in [-0.25, -0.2) is 4.39 Å². The fraction of sp³-hybridized carbons (Fsp3) is 0.154. The monoisotopic (exact) mass is 310 g/mol. The highest BCUT2D eigenvalue weighted by Crippen LogP contribution is 2.24. The molecule has 18 heavy (non-hydrogen) atoms. The Hall–Kier alpha value is -1.46. The Morgan fingerprint density at radius 3 is 2.83 bits per heavy atom. The number of aliphatic hydroxyl groups is 1. The van der Waals surface area contributed by atoms with E-state index in [1.54, 1.807) is 30.6 Å². The highest BCUT2D eigenvalue weighted by molar-refractivity contribution is 9.10. The maximum Gasteiger partial charge on any atom is 0.137 e. The van der Waals surface area contributed by atoms with Crippen molar-refractivity contribution in [3.05, 3.63) is 58.1 Å². The van der Waals surface area contributed by atoms with E-state index in [1.807, 2.05) is 0 Å². The van der Waals surface area contributed by atoms with Crippen molar-refractivity contribution in [1.82, 2.24) is 4.98 Å². The standard InChI is InChI=1S/C13H12BrFN2O/c14-10-2-1-8(5-11(10)15)13(18)6-9-7-17-4-3-12(9)16/h1-5,7,13,18H,6H2,(H2,16,17). The van der Waals surface area contributed by atoms with Gasteiger partial charge in [0.2, 0.25) is 0 Å². The van der Waals surface area contributed by atoms with Crippen molar-refractivity contribution < 1.29 is 9.50 Å². The van der Waals surface area contributed by atoms with Crippen molar-refractivity contribution >= 4 is 21.6 Å². The Morgan fingerprint density at radius 1 is 1.39 bits per heavy atom. The Kier molecular flexibility index (Phi) is 3.93. The number of nitrogens with zero attached hydrogens (tertiary/aromatic N) is 1. The number of benzene rings is 1. The molecule has 0 fully saturated rings. The summed E-state index contributed by atoms with van der Waals surface area (Å²) in [5, 5.41) is 10.0. The van der Waals surface area contributed by atoms with Gasteiger partial charge in [0.05, 0.1) is 10.6 Å². The molecule has 1 aromatic heterocycles. The van der Waals surface area contributed by atoms with Gasteiger partial charge < -0.3 is 10.8 Å². The molecule has 0 spiro atoms. The van der Waals surface area contributed by atoms with Gasteiger partial charge in [-0.2, -0.15) is 0 Å². The number of halogens is 2. The Labute approximate surface area is 113 Å². The molecule has 5 heteroatoms. The number of rotatable bonds is 3. The summed E-state index contributed by atoms with van der Waals surface area (Å²) in [7, 11) is 0. The van der Waals surface area contributed by atoms with Gasteiger partial charge in [-0.15, -0.1) is 0 Å². The average molecular weight is 311 g/mol. The van der Waals surface area contributed by atoms with Crippen molar-refractivity contribution in [2.45, 2.75) is 12.5 Å². The van der Waals surface area contributed by atoms with Gasteiger partial charge in [-0.1, -0.05) is 6.07 Å². The number of hydrogen-bond acceptors (Lipinski definition) is 3. The smallest absolute Gasteiger partial charge is 0.137 e. The zero-order chi connectivity index (χ0) is 13.1. The molecule has 0 aliphatic carbocycles. The molecule has 2 aromatic rings. The molecule has 0 amide bonds. The normalized spacial score (nSPS) is 12.4. The second-order valence-corrected chi connectivity index (χ2v) is 4.82. The van der Waals surface area contributed by atoms with Gasteiger partial charge in [-0.05, 0) is 45.3 Å². The van der Waals surface area contributed by atoms with E-state index in [-0.39, 0.29) is 0 Å². The summed E-state index contributed by atoms with van der Waals surface area (Å²) < 4.78 is 13.7. The number of aromatic nitrogens is 1. The lowest BCUT2D eigenvalue weighted by molar-refractivity contribution is 0.178. The van der Waals surface area contributed by atoms with Crippen molar-refractivity contribution in [2.24, 2.45) is 0 Å². The average Bonchev–Trinajstić information content (AvgIpc) is 2.35. The van der Waals surface area contributed by atoms with E-state index < -0.39 is 11.9 Å². The lowest BCUT2D eigenvalue weighted by Crippen LogP contribution is -2.05. The van der Waals surface area contributed by atoms with Crippen LogP contribution in [-0.2, 0) is 6.42 Å². The van der Waals surface area contributed by atoms with E-state index in [0.29, 0.717) is 22.1 Å². The molecule has 1 unspecified atom stereocenters. The number of hydrogen-bond donors (Lipinski definition) is 2. The summed E-state index contributed by atoms with van der Waals surface area (Å²) in [5.74, 6) is -0.397. The molecule has 0 bridgehead atoms. The van der Waals surface area contributed by atoms with E-state index in [9.17, 15) is 9.50 Å². The summed E-state index contributed by atoms with van der Waals surface area (Å²) in [6.45, 7) is 0. The van der Waals surface area contributed by atoms with Crippen LogP contribution < -0.4 is 5.73 Å². The minimum atomic E-state index is -0.806. The quantitative estimate of drug-likeness (QED) is 0.916. The maximum atomic E-state index is 13.4. The molecular weight excluding hydrogens is 299 g/mol. The molecule has 0 aliphatic rings. The molecule has 1 atom stereocenters. The molecular formula is C13H12BrFN2O. The Bertz CT molecular complexity index is 562. The van der Waals surface area contributed by atoms with Crippen molar-refractivity contribution in [2.75, 3.05) is 5.73 Å². The van der Waals surface area contributed by atoms with Gasteiger partial charge in [0.15, 0.2) is 0 Å². The molecule has 0 radical (unpaired) electrons. The number of aliphatic hydroxyl groups excluding tert-OH is 1. The lowest BCUT2D eigenvalue weighted by Gasteiger charge is -2.12. The summed E-state index contributed by atoms with van der Waals surface area (Å²) >= 11 is 3.07. The van der Waals surface area contributed by atoms with Gasteiger partial charge >= 0.3 is 0 Å². The predicted molar refractivity (Wildman–Crippen MR) is 71.4 cm³/mol. The number of nitrogen functional groups attached to an aromatic ring is 1. The number of anilines is 1. The number of nitrogens with two attached hydrogens (primary N) is 1. The van der Waals surface area contributed by atoms with Crippen LogP contribution in [0.4, 0.5) is 10.1 Å². The summed E-state index contributed by atoms with van der Waals surface area (Å²) in [6.07, 6.45) is 2.69. The first-order valence-corrected chi connectivity index (χ1v) is 6.18. The second-order valence-electron chi connectivity index (χ2n) is 3.97. The fourth-order valence-corrected chi connectivity index (χ4v) is 1.90. The molecule has 1 aromatic carbocycles. The summed E-state index contributed by atoms with van der Waals surface area (Å²) in [6, 6.07) is 6.22. The van der Waals surface area contributed by atoms with Crippen molar-refractivity contribution in [3.8, 4) is 0 Å². The van der Waals surface area contributed by atoms with Crippen LogP contribution >= 0.6 is 15.9 Å². The first-order valence-electron chi connectivity index (χ1n) is 5.39. The van der Waals surface area contributed by atoms with Gasteiger partial charge in [0, 0.05) is 24.5 Å². The molecule has 0 saturated carbocycles. The molecule has 0 saturated heterocycles. The van der Waals surface area contributed by atoms with E-state index in [2.05, 4.69) is 20.9 Å². The Morgan fingerprint density at radius 2 is 2.17 bits per heavy atom. The van der Waals surface area contributed by atoms with Crippen molar-refractivity contribution in [3.63, 3.8) is 0 Å². The van der Waals surface area contributed by atoms with E-state index in [1.165, 1.54) is 6.07 Å². The van der Waals surface area contributed by atoms with Crippen LogP contribution in [0.2, 0.25) is 0 Å². The van der Waals surface area contributed by atoms with Crippen LogP contribution in [0.3, 0.4) is 0 Å². The fourth-order valence-electron chi connectivity index (χ4n) is 1.65. The molecule has 3 nitrogen and oxygen atoms in total. The van der Waals surface area contributed by atoms with Gasteiger partial charge in [-0.3, -0.25) is 4.98 Å². The van der Waals surface area contributed by atoms with Gasteiger partial charge in [0.1, 0.15) is 5.82 Å². The van der Waals surface area contributed by atoms with Crippen LogP contribution in [-0.4, -0.2) is 10.1 Å². The second kappa shape index (κ2) is 5.46. The molecule has 3 N–H and O–H groups in total. The summed E-state index contributed by atoms with van der Waals surface area (Å²) in [5.41, 5.74) is 7.60. The first-order chi connectivity index (χ1) is 8.58. The third kappa shape index (κ3) is 2.86. The van der Waals surface area contributed by atoms with Gasteiger partial charge in [0.25, 0.3) is 0 Å². The molecule has 1 heterocycles. The zero-order valence-electron chi connectivity index (χ0n) is 9.48. The van der Waals surface area contributed by atoms with Crippen LogP contribution in [0.25, 0.3) is 0 Å². The molecule has 94 valence electrons. The first kappa shape index (κ1) is 13.0. The van der Waals surface area contributed by atoms with Crippen LogP contribution in [0.5, 0.6) is 0 Å². The minimum absolute atomic E-state index is 0.306. The molecule has 2 rings (SSSR count). The largest absolute Gasteiger partial charge is 0.398 e. The maximum absolute atomic E-state index is 13.4. The highest BCUT2D eigenvalue weighted by Gasteiger charge is 2.12. The van der Waals surface area contributed by atoms with Crippen LogP contribution in [0.15, 0.2) is 41.1 Å². The van der Waals surface area contributed by atoms with Crippen LogP contribution in [0, 0.1) is 5.82 Å². The Balaban J connectivity index is 2.19. The van der Waals surface area contributed by atoms with E-state index >= 15 is 0 Å². The minimum Gasteiger partial charge on any atom is -0.398 e. The topological polar surface area (TPSA) is 59.1 Å². The number of pyridine rings is 1. The third-order valence-corrected chi connectivity index (χ3v) is 3.33. The highest BCUT2D eigenvalue weighted by atomic mass is 79.9. The summed E-state index contributed by atoms with van der Waals surface area (Å²) in [4.78, 5) is 3.95. The van der Waals surface area contributed by atoms with E-state index in [0.717, 1.165) is 5.56 Å².